The maximum absolute atomic E-state index is 13.4. The topological polar surface area (TPSA) is 113 Å². The van der Waals surface area contributed by atoms with Crippen molar-refractivity contribution in [2.24, 2.45) is 4.99 Å². The number of hydrogen-bond donors (Lipinski definition) is 2. The number of aromatic nitrogens is 2. The largest absolute Gasteiger partial charge is 0.467 e. The van der Waals surface area contributed by atoms with E-state index in [0.717, 1.165) is 11.1 Å². The van der Waals surface area contributed by atoms with Crippen LogP contribution in [0.2, 0.25) is 0 Å². The predicted molar refractivity (Wildman–Crippen MR) is 89.9 cm³/mol. The van der Waals surface area contributed by atoms with Crippen molar-refractivity contribution in [3.63, 3.8) is 0 Å². The van der Waals surface area contributed by atoms with Gasteiger partial charge in [0.2, 0.25) is 11.6 Å². The molecular formula is C17H18FN5O4. The molecule has 2 N–H and O–H groups in total. The van der Waals surface area contributed by atoms with Crippen molar-refractivity contribution in [1.82, 2.24) is 20.7 Å². The van der Waals surface area contributed by atoms with Crippen LogP contribution in [-0.4, -0.2) is 51.4 Å². The van der Waals surface area contributed by atoms with Gasteiger partial charge < -0.3 is 9.64 Å². The molecule has 0 radical (unpaired) electrons. The quantitative estimate of drug-likeness (QED) is 0.459. The first-order valence-corrected chi connectivity index (χ1v) is 8.62. The molecule has 27 heavy (non-hydrogen) atoms. The van der Waals surface area contributed by atoms with Crippen LogP contribution < -0.4 is 10.2 Å². The summed E-state index contributed by atoms with van der Waals surface area (Å²) in [5.41, 5.74) is 3.86. The Kier molecular flexibility index (Phi) is 4.48. The highest BCUT2D eigenvalue weighted by atomic mass is 19.1. The summed E-state index contributed by atoms with van der Waals surface area (Å²) in [6.07, 6.45) is 0.835. The van der Waals surface area contributed by atoms with E-state index in [1.54, 1.807) is 17.9 Å². The summed E-state index contributed by atoms with van der Waals surface area (Å²) < 4.78 is 23.8. The number of amides is 1. The number of hydrogen-bond acceptors (Lipinski definition) is 7. The number of benzene rings is 1. The van der Waals surface area contributed by atoms with Crippen LogP contribution in [0.5, 0.6) is 5.88 Å². The molecule has 0 saturated carbocycles. The van der Waals surface area contributed by atoms with Gasteiger partial charge in [0.15, 0.2) is 5.84 Å². The van der Waals surface area contributed by atoms with Crippen molar-refractivity contribution in [1.29, 1.82) is 0 Å². The monoisotopic (exact) mass is 375 g/mol. The summed E-state index contributed by atoms with van der Waals surface area (Å²) in [5, 5.41) is 16.9. The second-order valence-electron chi connectivity index (χ2n) is 6.46. The number of nitrogens with zero attached hydrogens (tertiary/aromatic N) is 4. The number of amidine groups is 1. The molecule has 2 heterocycles. The molecule has 2 aromatic rings. The van der Waals surface area contributed by atoms with Crippen LogP contribution in [0.3, 0.4) is 0 Å². The van der Waals surface area contributed by atoms with Gasteiger partial charge in [-0.15, -0.1) is 0 Å². The molecule has 9 nitrogen and oxygen atoms in total. The van der Waals surface area contributed by atoms with Gasteiger partial charge in [-0.1, -0.05) is 13.0 Å². The highest BCUT2D eigenvalue weighted by Gasteiger charge is 2.34. The summed E-state index contributed by atoms with van der Waals surface area (Å²) in [7, 11) is 0. The van der Waals surface area contributed by atoms with E-state index in [2.05, 4.69) is 15.3 Å². The van der Waals surface area contributed by atoms with E-state index in [1.807, 2.05) is 5.48 Å². The smallest absolute Gasteiger partial charge is 0.287 e. The molecular weight excluding hydrogens is 357 g/mol. The Morgan fingerprint density at radius 1 is 1.48 bits per heavy atom. The number of carbonyl (C=O) groups excluding carboxylic acids is 1. The summed E-state index contributed by atoms with van der Waals surface area (Å²) in [6.45, 7) is 2.71. The molecule has 0 unspecified atom stereocenters. The number of aliphatic imine (C=N–C) groups is 1. The second-order valence-corrected chi connectivity index (χ2v) is 6.46. The Morgan fingerprint density at radius 2 is 2.30 bits per heavy atom. The maximum Gasteiger partial charge on any atom is 0.287 e. The van der Waals surface area contributed by atoms with E-state index in [-0.39, 0.29) is 41.3 Å². The van der Waals surface area contributed by atoms with E-state index < -0.39 is 0 Å². The van der Waals surface area contributed by atoms with Crippen LogP contribution in [0.15, 0.2) is 27.8 Å². The zero-order chi connectivity index (χ0) is 19.0. The van der Waals surface area contributed by atoms with Gasteiger partial charge in [-0.05, 0) is 40.0 Å². The van der Waals surface area contributed by atoms with Crippen molar-refractivity contribution in [2.45, 2.75) is 31.9 Å². The Hall–Kier alpha value is -3.01. The normalized spacial score (nSPS) is 19.1. The molecule has 1 aliphatic heterocycles. The fraction of sp³-hybridized carbons (Fsp3) is 0.412. The van der Waals surface area contributed by atoms with Crippen molar-refractivity contribution >= 4 is 11.7 Å². The van der Waals surface area contributed by atoms with Gasteiger partial charge in [-0.3, -0.25) is 20.5 Å². The molecule has 1 saturated heterocycles. The van der Waals surface area contributed by atoms with Crippen molar-refractivity contribution < 1.29 is 23.8 Å². The van der Waals surface area contributed by atoms with Crippen molar-refractivity contribution in [3.8, 4) is 5.88 Å². The van der Waals surface area contributed by atoms with Crippen LogP contribution in [0, 0.1) is 5.82 Å². The third-order valence-electron chi connectivity index (χ3n) is 4.74. The van der Waals surface area contributed by atoms with Crippen LogP contribution in [-0.2, 0) is 11.2 Å². The minimum Gasteiger partial charge on any atom is -0.467 e. The molecule has 1 atom stereocenters. The highest BCUT2D eigenvalue weighted by Crippen LogP contribution is 2.37. The number of nitrogens with one attached hydrogen (secondary N) is 1. The Morgan fingerprint density at radius 3 is 3.04 bits per heavy atom. The molecule has 1 aliphatic carbocycles. The van der Waals surface area contributed by atoms with E-state index >= 15 is 0 Å². The fourth-order valence-corrected chi connectivity index (χ4v) is 3.16. The number of carbonyl (C=O) groups is 1. The zero-order valence-electron chi connectivity index (χ0n) is 14.6. The van der Waals surface area contributed by atoms with Gasteiger partial charge in [0.25, 0.3) is 5.88 Å². The minimum absolute atomic E-state index is 0.0203. The Bertz CT molecular complexity index is 893. The fourth-order valence-electron chi connectivity index (χ4n) is 3.16. The molecule has 2 aliphatic rings. The highest BCUT2D eigenvalue weighted by molar-refractivity contribution is 5.98. The third kappa shape index (κ3) is 3.23. The van der Waals surface area contributed by atoms with E-state index in [1.165, 1.54) is 12.1 Å². The van der Waals surface area contributed by atoms with E-state index in [4.69, 9.17) is 9.37 Å². The van der Waals surface area contributed by atoms with Gasteiger partial charge in [0, 0.05) is 6.42 Å². The number of fused-ring (bicyclic) bond motifs is 1. The number of likely N-dealkylation sites (tertiary alicyclic amines) is 1. The van der Waals surface area contributed by atoms with Crippen LogP contribution >= 0.6 is 0 Å². The molecule has 1 fully saturated rings. The zero-order valence-corrected chi connectivity index (χ0v) is 14.6. The molecule has 4 rings (SSSR count). The third-order valence-corrected chi connectivity index (χ3v) is 4.74. The molecule has 1 aromatic carbocycles. The van der Waals surface area contributed by atoms with Gasteiger partial charge in [-0.2, -0.15) is 0 Å². The first-order valence-electron chi connectivity index (χ1n) is 8.62. The number of hydroxylamine groups is 1. The Labute approximate surface area is 153 Å². The predicted octanol–water partition coefficient (Wildman–Crippen LogP) is 1.23. The summed E-state index contributed by atoms with van der Waals surface area (Å²) in [5.74, 6) is -0.186. The molecule has 1 amide bonds. The summed E-state index contributed by atoms with van der Waals surface area (Å²) >= 11 is 0. The van der Waals surface area contributed by atoms with Gasteiger partial charge in [0.05, 0.1) is 19.1 Å². The first kappa shape index (κ1) is 17.4. The summed E-state index contributed by atoms with van der Waals surface area (Å²) in [6, 6.07) is 4.24. The number of rotatable bonds is 5. The summed E-state index contributed by atoms with van der Waals surface area (Å²) in [4.78, 5) is 17.6. The van der Waals surface area contributed by atoms with Gasteiger partial charge in [0.1, 0.15) is 11.9 Å². The standard InChI is InChI=1S/C17H18FN5O4/c1-2-14(24)23-7-11(8-23)26-17-15(21-27-22-17)16(20-25)19-13-5-9-3-4-10(18)6-12(9)13/h3-4,6,11,13,25H,2,5,7-8H2,1H3,(H,19,20)/t13-/m0/s1. The number of ether oxygens (including phenoxy) is 1. The van der Waals surface area contributed by atoms with Crippen molar-refractivity contribution in [2.75, 3.05) is 13.1 Å². The van der Waals surface area contributed by atoms with Crippen LogP contribution in [0.1, 0.15) is 36.2 Å². The molecule has 10 heteroatoms. The average Bonchev–Trinajstić information content (AvgIpc) is 3.08. The molecule has 1 aromatic heterocycles. The lowest BCUT2D eigenvalue weighted by Gasteiger charge is -2.38. The minimum atomic E-state index is -0.338. The van der Waals surface area contributed by atoms with Crippen molar-refractivity contribution in [3.05, 3.63) is 40.8 Å². The number of halogens is 1. The lowest BCUT2D eigenvalue weighted by molar-refractivity contribution is -0.139. The average molecular weight is 375 g/mol. The van der Waals surface area contributed by atoms with Gasteiger partial charge in [-0.25, -0.2) is 9.02 Å². The SMILES string of the molecule is CCC(=O)N1CC(Oc2nonc2C(=N[C@H]2Cc3ccc(F)cc32)NO)C1. The lowest BCUT2D eigenvalue weighted by Crippen LogP contribution is -2.56. The van der Waals surface area contributed by atoms with Crippen LogP contribution in [0.4, 0.5) is 4.39 Å². The Balaban J connectivity index is 1.47. The second kappa shape index (κ2) is 6.95. The first-order chi connectivity index (χ1) is 13.1. The molecule has 0 bridgehead atoms. The molecule has 0 spiro atoms. The van der Waals surface area contributed by atoms with Gasteiger partial charge >= 0.3 is 0 Å². The van der Waals surface area contributed by atoms with E-state index in [9.17, 15) is 14.4 Å². The van der Waals surface area contributed by atoms with Crippen LogP contribution in [0.25, 0.3) is 0 Å². The molecule has 142 valence electrons. The maximum atomic E-state index is 13.4. The lowest BCUT2D eigenvalue weighted by atomic mass is 9.83. The van der Waals surface area contributed by atoms with E-state index in [0.29, 0.717) is 25.9 Å².